The molecule has 2 fully saturated rings. The van der Waals surface area contributed by atoms with E-state index in [1.807, 2.05) is 12.1 Å². The fraction of sp³-hybridized carbons (Fsp3) is 0.667. The maximum atomic E-state index is 6.15. The van der Waals surface area contributed by atoms with Gasteiger partial charge in [0.15, 0.2) is 0 Å². The minimum Gasteiger partial charge on any atom is -0.298 e. The van der Waals surface area contributed by atoms with Gasteiger partial charge in [-0.2, -0.15) is 0 Å². The van der Waals surface area contributed by atoms with Crippen LogP contribution < -0.4 is 0 Å². The topological polar surface area (TPSA) is 19.4 Å². The van der Waals surface area contributed by atoms with Crippen LogP contribution >= 0.6 is 23.2 Å². The van der Waals surface area contributed by atoms with E-state index in [4.69, 9.17) is 23.2 Å². The number of halogens is 2. The summed E-state index contributed by atoms with van der Waals surface area (Å²) in [4.78, 5) is 9.24. The number of nitrogens with zero attached hydrogens (tertiary/aromatic N) is 3. The molecule has 0 amide bonds. The predicted octanol–water partition coefficient (Wildman–Crippen LogP) is 3.45. The Morgan fingerprint density at radius 3 is 2.40 bits per heavy atom. The largest absolute Gasteiger partial charge is 0.298 e. The first kappa shape index (κ1) is 14.6. The molecule has 110 valence electrons. The van der Waals surface area contributed by atoms with Crippen LogP contribution in [0.5, 0.6) is 0 Å². The van der Waals surface area contributed by atoms with Gasteiger partial charge in [-0.1, -0.05) is 42.1 Å². The van der Waals surface area contributed by atoms with Crippen molar-refractivity contribution in [3.8, 4) is 0 Å². The van der Waals surface area contributed by atoms with E-state index < -0.39 is 0 Å². The van der Waals surface area contributed by atoms with Crippen LogP contribution in [-0.4, -0.2) is 47.0 Å². The molecule has 1 saturated carbocycles. The molecule has 0 N–H and O–H groups in total. The normalized spacial score (nSPS) is 22.5. The number of piperazine rings is 1. The first-order valence-corrected chi connectivity index (χ1v) is 8.25. The highest BCUT2D eigenvalue weighted by molar-refractivity contribution is 6.32. The number of aromatic nitrogens is 1. The van der Waals surface area contributed by atoms with Gasteiger partial charge >= 0.3 is 0 Å². The summed E-state index contributed by atoms with van der Waals surface area (Å²) < 4.78 is 0. The molecular weight excluding hydrogens is 293 g/mol. The minimum absolute atomic E-state index is 0.463. The standard InChI is InChI=1S/C15H21Cl2N3/c16-14-6-5-12(15(17)18-14)11-19-7-9-20(10-8-19)13-3-1-2-4-13/h5-6,13H,1-4,7-11H2. The first-order valence-electron chi connectivity index (χ1n) is 7.50. The predicted molar refractivity (Wildman–Crippen MR) is 83.4 cm³/mol. The molecule has 0 atom stereocenters. The molecule has 1 aliphatic carbocycles. The van der Waals surface area contributed by atoms with Crippen LogP contribution in [0.4, 0.5) is 0 Å². The van der Waals surface area contributed by atoms with Gasteiger partial charge in [0.05, 0.1) is 0 Å². The van der Waals surface area contributed by atoms with Gasteiger partial charge in [0.25, 0.3) is 0 Å². The Kier molecular flexibility index (Phi) is 4.82. The van der Waals surface area contributed by atoms with Gasteiger partial charge in [0.1, 0.15) is 10.3 Å². The summed E-state index contributed by atoms with van der Waals surface area (Å²) in [6.07, 6.45) is 5.62. The second kappa shape index (κ2) is 6.61. The van der Waals surface area contributed by atoms with Crippen LogP contribution in [0, 0.1) is 0 Å². The molecule has 3 rings (SSSR count). The van der Waals surface area contributed by atoms with E-state index in [1.54, 1.807) is 0 Å². The highest BCUT2D eigenvalue weighted by atomic mass is 35.5. The molecule has 20 heavy (non-hydrogen) atoms. The molecule has 1 aliphatic heterocycles. The summed E-state index contributed by atoms with van der Waals surface area (Å²) in [6.45, 7) is 5.49. The van der Waals surface area contributed by atoms with Gasteiger partial charge < -0.3 is 0 Å². The third-order valence-electron chi connectivity index (χ3n) is 4.53. The van der Waals surface area contributed by atoms with E-state index in [2.05, 4.69) is 14.8 Å². The Balaban J connectivity index is 1.53. The summed E-state index contributed by atoms with van der Waals surface area (Å²) in [5, 5.41) is 1.00. The van der Waals surface area contributed by atoms with Gasteiger partial charge in [-0.05, 0) is 18.9 Å². The zero-order chi connectivity index (χ0) is 13.9. The molecule has 2 aliphatic rings. The van der Waals surface area contributed by atoms with Crippen LogP contribution in [-0.2, 0) is 6.54 Å². The molecule has 1 aromatic heterocycles. The second-order valence-corrected chi connectivity index (χ2v) is 6.58. The molecule has 0 radical (unpaired) electrons. The summed E-state index contributed by atoms with van der Waals surface area (Å²) >= 11 is 12.0. The molecule has 0 bridgehead atoms. The maximum absolute atomic E-state index is 6.15. The number of hydrogen-bond acceptors (Lipinski definition) is 3. The van der Waals surface area contributed by atoms with Crippen molar-refractivity contribution in [1.82, 2.24) is 14.8 Å². The Morgan fingerprint density at radius 2 is 1.75 bits per heavy atom. The van der Waals surface area contributed by atoms with E-state index in [0.29, 0.717) is 10.3 Å². The molecular formula is C15H21Cl2N3. The quantitative estimate of drug-likeness (QED) is 0.797. The van der Waals surface area contributed by atoms with Crippen molar-refractivity contribution in [3.05, 3.63) is 28.0 Å². The zero-order valence-corrected chi connectivity index (χ0v) is 13.2. The molecule has 2 heterocycles. The third-order valence-corrected chi connectivity index (χ3v) is 5.07. The van der Waals surface area contributed by atoms with Crippen molar-refractivity contribution in [2.24, 2.45) is 0 Å². The summed E-state index contributed by atoms with van der Waals surface area (Å²) in [5.74, 6) is 0. The van der Waals surface area contributed by atoms with Gasteiger partial charge in [-0.3, -0.25) is 9.80 Å². The zero-order valence-electron chi connectivity index (χ0n) is 11.7. The Morgan fingerprint density at radius 1 is 1.05 bits per heavy atom. The molecule has 1 aromatic rings. The molecule has 0 unspecified atom stereocenters. The lowest BCUT2D eigenvalue weighted by Crippen LogP contribution is -2.49. The highest BCUT2D eigenvalue weighted by Crippen LogP contribution is 2.25. The van der Waals surface area contributed by atoms with Crippen LogP contribution in [0.3, 0.4) is 0 Å². The van der Waals surface area contributed by atoms with Gasteiger partial charge in [0, 0.05) is 44.3 Å². The fourth-order valence-electron chi connectivity index (χ4n) is 3.36. The number of pyridine rings is 1. The van der Waals surface area contributed by atoms with Crippen LogP contribution in [0.2, 0.25) is 10.3 Å². The number of hydrogen-bond donors (Lipinski definition) is 0. The third kappa shape index (κ3) is 3.45. The SMILES string of the molecule is Clc1ccc(CN2CCN(C3CCCC3)CC2)c(Cl)n1. The van der Waals surface area contributed by atoms with E-state index in [9.17, 15) is 0 Å². The van der Waals surface area contributed by atoms with Gasteiger partial charge in [-0.15, -0.1) is 0 Å². The maximum Gasteiger partial charge on any atom is 0.135 e. The Labute approximate surface area is 130 Å². The monoisotopic (exact) mass is 313 g/mol. The first-order chi connectivity index (χ1) is 9.72. The van der Waals surface area contributed by atoms with Crippen molar-refractivity contribution in [1.29, 1.82) is 0 Å². The molecule has 0 spiro atoms. The van der Waals surface area contributed by atoms with Gasteiger partial charge in [-0.25, -0.2) is 4.98 Å². The highest BCUT2D eigenvalue weighted by Gasteiger charge is 2.26. The smallest absolute Gasteiger partial charge is 0.135 e. The van der Waals surface area contributed by atoms with Crippen molar-refractivity contribution in [3.63, 3.8) is 0 Å². The molecule has 5 heteroatoms. The second-order valence-electron chi connectivity index (χ2n) is 5.83. The number of rotatable bonds is 3. The summed E-state index contributed by atoms with van der Waals surface area (Å²) in [7, 11) is 0. The Hall–Kier alpha value is -0.350. The van der Waals surface area contributed by atoms with E-state index in [-0.39, 0.29) is 0 Å². The van der Waals surface area contributed by atoms with Crippen LogP contribution in [0.25, 0.3) is 0 Å². The van der Waals surface area contributed by atoms with E-state index in [1.165, 1.54) is 38.8 Å². The lowest BCUT2D eigenvalue weighted by atomic mass is 10.1. The van der Waals surface area contributed by atoms with Crippen LogP contribution in [0.1, 0.15) is 31.2 Å². The van der Waals surface area contributed by atoms with Crippen molar-refractivity contribution < 1.29 is 0 Å². The summed E-state index contributed by atoms with van der Waals surface area (Å²) in [5.41, 5.74) is 1.07. The van der Waals surface area contributed by atoms with Crippen molar-refractivity contribution in [2.45, 2.75) is 38.3 Å². The van der Waals surface area contributed by atoms with E-state index >= 15 is 0 Å². The van der Waals surface area contributed by atoms with Crippen molar-refractivity contribution >= 4 is 23.2 Å². The van der Waals surface area contributed by atoms with E-state index in [0.717, 1.165) is 31.2 Å². The Bertz CT molecular complexity index is 452. The van der Waals surface area contributed by atoms with Gasteiger partial charge in [0.2, 0.25) is 0 Å². The average molecular weight is 314 g/mol. The minimum atomic E-state index is 0.463. The fourth-order valence-corrected chi connectivity index (χ4v) is 3.76. The molecule has 1 saturated heterocycles. The van der Waals surface area contributed by atoms with Crippen molar-refractivity contribution in [2.75, 3.05) is 26.2 Å². The lowest BCUT2D eigenvalue weighted by Gasteiger charge is -2.38. The molecule has 3 nitrogen and oxygen atoms in total. The lowest BCUT2D eigenvalue weighted by molar-refractivity contribution is 0.0936. The average Bonchev–Trinajstić information content (AvgIpc) is 2.97. The molecule has 0 aromatic carbocycles. The van der Waals surface area contributed by atoms with Crippen LogP contribution in [0.15, 0.2) is 12.1 Å². The summed E-state index contributed by atoms with van der Waals surface area (Å²) in [6, 6.07) is 4.65.